The van der Waals surface area contributed by atoms with E-state index >= 15 is 0 Å². The first kappa shape index (κ1) is 19.8. The van der Waals surface area contributed by atoms with Gasteiger partial charge < -0.3 is 15.7 Å². The zero-order chi connectivity index (χ0) is 20.1. The lowest BCUT2D eigenvalue weighted by Crippen LogP contribution is -2.29. The normalized spacial score (nSPS) is 19.2. The summed E-state index contributed by atoms with van der Waals surface area (Å²) in [5.74, 6) is 2.11. The number of aliphatic hydroxyl groups is 1. The molecule has 0 radical (unpaired) electrons. The summed E-state index contributed by atoms with van der Waals surface area (Å²) in [6.45, 7) is 0.994. The number of aromatic nitrogens is 4. The highest BCUT2D eigenvalue weighted by molar-refractivity contribution is 6.33. The van der Waals surface area contributed by atoms with Gasteiger partial charge in [0.1, 0.15) is 11.3 Å². The largest absolute Gasteiger partial charge is 0.396 e. The van der Waals surface area contributed by atoms with E-state index in [2.05, 4.69) is 30.6 Å². The first-order valence-electron chi connectivity index (χ1n) is 10.0. The van der Waals surface area contributed by atoms with Crippen molar-refractivity contribution in [3.05, 3.63) is 47.5 Å². The van der Waals surface area contributed by atoms with Crippen LogP contribution in [0.3, 0.4) is 0 Å². The van der Waals surface area contributed by atoms with Gasteiger partial charge in [0, 0.05) is 43.2 Å². The van der Waals surface area contributed by atoms with Crippen molar-refractivity contribution in [1.29, 1.82) is 0 Å². The van der Waals surface area contributed by atoms with Crippen molar-refractivity contribution in [3.8, 4) is 0 Å². The van der Waals surface area contributed by atoms with Crippen LogP contribution in [-0.2, 0) is 6.42 Å². The van der Waals surface area contributed by atoms with Crippen molar-refractivity contribution in [2.75, 3.05) is 23.8 Å². The predicted octanol–water partition coefficient (Wildman–Crippen LogP) is 3.69. The smallest absolute Gasteiger partial charge is 0.222 e. The van der Waals surface area contributed by atoms with Gasteiger partial charge in [-0.1, -0.05) is 11.6 Å². The number of fused-ring (bicyclic) bond motifs is 1. The highest BCUT2D eigenvalue weighted by Crippen LogP contribution is 2.27. The summed E-state index contributed by atoms with van der Waals surface area (Å²) in [5, 5.41) is 17.3. The highest BCUT2D eigenvalue weighted by Gasteiger charge is 2.21. The van der Waals surface area contributed by atoms with Crippen molar-refractivity contribution in [2.24, 2.45) is 5.92 Å². The maximum absolute atomic E-state index is 8.95. The van der Waals surface area contributed by atoms with E-state index in [4.69, 9.17) is 16.7 Å². The first-order chi connectivity index (χ1) is 14.2. The van der Waals surface area contributed by atoms with Gasteiger partial charge in [0.05, 0.1) is 0 Å². The standard InChI is InChI=1S/C21H25ClN6O/c22-20-19-16(7-9-23-20)3-6-18(28-19)27-17-4-1-14(2-5-17)11-24-21-25-12-15(8-10-29)13-26-21/h3,6-7,9,12-14,17,29H,1-2,4-5,8,10-11H2,(H,27,28)(H,24,25,26)/t14-,17-. The summed E-state index contributed by atoms with van der Waals surface area (Å²) in [5.41, 5.74) is 1.69. The minimum atomic E-state index is 0.117. The number of nitrogens with one attached hydrogen (secondary N) is 2. The average Bonchev–Trinajstić information content (AvgIpc) is 2.75. The zero-order valence-corrected chi connectivity index (χ0v) is 16.9. The van der Waals surface area contributed by atoms with E-state index in [0.29, 0.717) is 29.5 Å². The molecule has 1 aliphatic rings. The predicted molar refractivity (Wildman–Crippen MR) is 115 cm³/mol. The lowest BCUT2D eigenvalue weighted by Gasteiger charge is -2.29. The SMILES string of the molecule is OCCc1cnc(NC[C@H]2CC[C@H](Nc3ccc4ccnc(Cl)c4n3)CC2)nc1. The molecular weight excluding hydrogens is 388 g/mol. The molecule has 3 aromatic rings. The Balaban J connectivity index is 1.25. The number of halogens is 1. The Bertz CT molecular complexity index is 944. The van der Waals surface area contributed by atoms with Crippen LogP contribution in [0.4, 0.5) is 11.8 Å². The number of pyridine rings is 2. The summed E-state index contributed by atoms with van der Waals surface area (Å²) in [7, 11) is 0. The number of rotatable bonds is 7. The van der Waals surface area contributed by atoms with Crippen LogP contribution in [0, 0.1) is 5.92 Å². The van der Waals surface area contributed by atoms with Crippen LogP contribution in [0.1, 0.15) is 31.2 Å². The molecule has 0 aliphatic heterocycles. The Kier molecular flexibility index (Phi) is 6.36. The maximum Gasteiger partial charge on any atom is 0.222 e. The molecule has 3 heterocycles. The third-order valence-electron chi connectivity index (χ3n) is 5.42. The molecule has 0 atom stereocenters. The number of nitrogens with zero attached hydrogens (tertiary/aromatic N) is 4. The van der Waals surface area contributed by atoms with Crippen molar-refractivity contribution >= 4 is 34.3 Å². The molecule has 0 spiro atoms. The van der Waals surface area contributed by atoms with Crippen LogP contribution < -0.4 is 10.6 Å². The van der Waals surface area contributed by atoms with Crippen molar-refractivity contribution in [1.82, 2.24) is 19.9 Å². The molecule has 1 saturated carbocycles. The summed E-state index contributed by atoms with van der Waals surface area (Å²) in [6, 6.07) is 6.37. The number of hydrogen-bond donors (Lipinski definition) is 3. The molecule has 0 aromatic carbocycles. The molecule has 4 rings (SSSR count). The molecule has 0 saturated heterocycles. The van der Waals surface area contributed by atoms with Crippen molar-refractivity contribution in [3.63, 3.8) is 0 Å². The summed E-state index contributed by atoms with van der Waals surface area (Å²) in [6.07, 6.45) is 10.3. The second-order valence-electron chi connectivity index (χ2n) is 7.50. The first-order valence-corrected chi connectivity index (χ1v) is 10.4. The minimum Gasteiger partial charge on any atom is -0.396 e. The van der Waals surface area contributed by atoms with Crippen LogP contribution in [0.2, 0.25) is 5.15 Å². The molecule has 8 heteroatoms. The van der Waals surface area contributed by atoms with Gasteiger partial charge in [-0.3, -0.25) is 0 Å². The molecular formula is C21H25ClN6O. The molecule has 29 heavy (non-hydrogen) atoms. The molecule has 0 amide bonds. The van der Waals surface area contributed by atoms with Gasteiger partial charge in [-0.2, -0.15) is 0 Å². The van der Waals surface area contributed by atoms with Gasteiger partial charge in [0.15, 0.2) is 5.15 Å². The summed E-state index contributed by atoms with van der Waals surface area (Å²) >= 11 is 6.17. The monoisotopic (exact) mass is 412 g/mol. The Labute approximate surface area is 175 Å². The van der Waals surface area contributed by atoms with Crippen LogP contribution >= 0.6 is 11.6 Å². The van der Waals surface area contributed by atoms with E-state index < -0.39 is 0 Å². The fourth-order valence-electron chi connectivity index (χ4n) is 3.75. The zero-order valence-electron chi connectivity index (χ0n) is 16.2. The van der Waals surface area contributed by atoms with Crippen LogP contribution in [-0.4, -0.2) is 44.2 Å². The van der Waals surface area contributed by atoms with E-state index in [1.54, 1.807) is 18.6 Å². The minimum absolute atomic E-state index is 0.117. The topological polar surface area (TPSA) is 95.9 Å². The van der Waals surface area contributed by atoms with Crippen LogP contribution in [0.5, 0.6) is 0 Å². The molecule has 7 nitrogen and oxygen atoms in total. The third kappa shape index (κ3) is 5.10. The fourth-order valence-corrected chi connectivity index (χ4v) is 3.96. The molecule has 152 valence electrons. The molecule has 0 unspecified atom stereocenters. The third-order valence-corrected chi connectivity index (χ3v) is 5.69. The van der Waals surface area contributed by atoms with E-state index in [1.807, 2.05) is 18.2 Å². The molecule has 0 bridgehead atoms. The Morgan fingerprint density at radius 2 is 1.83 bits per heavy atom. The van der Waals surface area contributed by atoms with Gasteiger partial charge in [-0.25, -0.2) is 19.9 Å². The second kappa shape index (κ2) is 9.33. The summed E-state index contributed by atoms with van der Waals surface area (Å²) < 4.78 is 0. The summed E-state index contributed by atoms with van der Waals surface area (Å²) in [4.78, 5) is 17.4. The Morgan fingerprint density at radius 3 is 2.59 bits per heavy atom. The van der Waals surface area contributed by atoms with Crippen molar-refractivity contribution in [2.45, 2.75) is 38.1 Å². The van der Waals surface area contributed by atoms with E-state index in [0.717, 1.165) is 54.5 Å². The van der Waals surface area contributed by atoms with E-state index in [-0.39, 0.29) is 6.61 Å². The fraction of sp³-hybridized carbons (Fsp3) is 0.429. The van der Waals surface area contributed by atoms with Gasteiger partial charge >= 0.3 is 0 Å². The Morgan fingerprint density at radius 1 is 1.03 bits per heavy atom. The lowest BCUT2D eigenvalue weighted by atomic mass is 9.86. The van der Waals surface area contributed by atoms with E-state index in [1.165, 1.54) is 0 Å². The van der Waals surface area contributed by atoms with Gasteiger partial charge in [-0.05, 0) is 61.8 Å². The highest BCUT2D eigenvalue weighted by atomic mass is 35.5. The number of hydrogen-bond acceptors (Lipinski definition) is 7. The molecule has 1 fully saturated rings. The number of aliphatic hydroxyl groups excluding tert-OH is 1. The molecule has 3 aromatic heterocycles. The van der Waals surface area contributed by atoms with E-state index in [9.17, 15) is 0 Å². The second-order valence-corrected chi connectivity index (χ2v) is 7.86. The quantitative estimate of drug-likeness (QED) is 0.509. The molecule has 1 aliphatic carbocycles. The Hall–Kier alpha value is -2.51. The number of anilines is 2. The molecule has 3 N–H and O–H groups in total. The average molecular weight is 413 g/mol. The lowest BCUT2D eigenvalue weighted by molar-refractivity contribution is 0.299. The van der Waals surface area contributed by atoms with Crippen LogP contribution in [0.25, 0.3) is 10.9 Å². The van der Waals surface area contributed by atoms with Gasteiger partial charge in [0.2, 0.25) is 5.95 Å². The van der Waals surface area contributed by atoms with Crippen molar-refractivity contribution < 1.29 is 5.11 Å². The van der Waals surface area contributed by atoms with Gasteiger partial charge in [-0.15, -0.1) is 0 Å². The van der Waals surface area contributed by atoms with Crippen LogP contribution in [0.15, 0.2) is 36.8 Å². The van der Waals surface area contributed by atoms with Gasteiger partial charge in [0.25, 0.3) is 0 Å². The maximum atomic E-state index is 8.95.